The second-order valence-electron chi connectivity index (χ2n) is 5.45. The Labute approximate surface area is 126 Å². The van der Waals surface area contributed by atoms with Crippen molar-refractivity contribution in [1.29, 1.82) is 0 Å². The minimum Gasteiger partial charge on any atom is -0.353 e. The molecule has 110 valence electrons. The third-order valence-electron chi connectivity index (χ3n) is 3.80. The Kier molecular flexibility index (Phi) is 5.86. The third kappa shape index (κ3) is 4.50. The van der Waals surface area contributed by atoms with Crippen LogP contribution in [0.3, 0.4) is 0 Å². The molecule has 0 unspecified atom stereocenters. The summed E-state index contributed by atoms with van der Waals surface area (Å²) in [6.45, 7) is 5.55. The van der Waals surface area contributed by atoms with Gasteiger partial charge in [-0.3, -0.25) is 4.79 Å². The van der Waals surface area contributed by atoms with Crippen LogP contribution in [0.15, 0.2) is 24.3 Å². The van der Waals surface area contributed by atoms with E-state index in [-0.39, 0.29) is 5.91 Å². The zero-order valence-electron chi connectivity index (χ0n) is 12.1. The molecule has 1 aromatic rings. The molecular formula is C16H23ClN2O. The molecule has 1 saturated heterocycles. The maximum atomic E-state index is 12.1. The SMILES string of the molecule is CCCN1CCC(NC(=O)Cc2ccccc2Cl)CC1. The van der Waals surface area contributed by atoms with Crippen LogP contribution in [0, 0.1) is 0 Å². The number of nitrogens with zero attached hydrogens (tertiary/aromatic N) is 1. The molecule has 1 heterocycles. The van der Waals surface area contributed by atoms with Gasteiger partial charge >= 0.3 is 0 Å². The Bertz CT molecular complexity index is 442. The van der Waals surface area contributed by atoms with Gasteiger partial charge in [0.05, 0.1) is 6.42 Å². The quantitative estimate of drug-likeness (QED) is 0.906. The van der Waals surface area contributed by atoms with E-state index >= 15 is 0 Å². The van der Waals surface area contributed by atoms with E-state index in [1.807, 2.05) is 24.3 Å². The highest BCUT2D eigenvalue weighted by Crippen LogP contribution is 2.16. The predicted octanol–water partition coefficient (Wildman–Crippen LogP) is 2.87. The second kappa shape index (κ2) is 7.65. The Hall–Kier alpha value is -1.06. The van der Waals surface area contributed by atoms with Crippen LogP contribution in [-0.2, 0) is 11.2 Å². The Morgan fingerprint density at radius 3 is 2.70 bits per heavy atom. The van der Waals surface area contributed by atoms with E-state index in [1.165, 1.54) is 13.0 Å². The number of hydrogen-bond donors (Lipinski definition) is 1. The topological polar surface area (TPSA) is 32.3 Å². The van der Waals surface area contributed by atoms with E-state index in [0.717, 1.165) is 31.5 Å². The fourth-order valence-electron chi connectivity index (χ4n) is 2.71. The molecule has 1 aliphatic rings. The van der Waals surface area contributed by atoms with E-state index in [0.29, 0.717) is 17.5 Å². The van der Waals surface area contributed by atoms with Crippen LogP contribution < -0.4 is 5.32 Å². The third-order valence-corrected chi connectivity index (χ3v) is 4.17. The molecule has 1 aliphatic heterocycles. The molecule has 0 saturated carbocycles. The van der Waals surface area contributed by atoms with Crippen molar-refractivity contribution in [2.75, 3.05) is 19.6 Å². The summed E-state index contributed by atoms with van der Waals surface area (Å²) in [5.41, 5.74) is 0.898. The van der Waals surface area contributed by atoms with Gasteiger partial charge in [-0.25, -0.2) is 0 Å². The first-order valence-corrected chi connectivity index (χ1v) is 7.82. The molecule has 0 aliphatic carbocycles. The number of carbonyl (C=O) groups excluding carboxylic acids is 1. The number of carbonyl (C=O) groups is 1. The number of benzene rings is 1. The zero-order valence-corrected chi connectivity index (χ0v) is 12.8. The highest BCUT2D eigenvalue weighted by Gasteiger charge is 2.20. The number of piperidine rings is 1. The smallest absolute Gasteiger partial charge is 0.224 e. The highest BCUT2D eigenvalue weighted by atomic mass is 35.5. The van der Waals surface area contributed by atoms with Crippen molar-refractivity contribution < 1.29 is 4.79 Å². The molecular weight excluding hydrogens is 272 g/mol. The van der Waals surface area contributed by atoms with Gasteiger partial charge in [-0.15, -0.1) is 0 Å². The number of nitrogens with one attached hydrogen (secondary N) is 1. The molecule has 0 spiro atoms. The van der Waals surface area contributed by atoms with Gasteiger partial charge in [-0.05, 0) is 37.4 Å². The van der Waals surface area contributed by atoms with Gasteiger partial charge in [0.25, 0.3) is 0 Å². The monoisotopic (exact) mass is 294 g/mol. The minimum absolute atomic E-state index is 0.0760. The Morgan fingerprint density at radius 2 is 2.05 bits per heavy atom. The molecule has 1 amide bonds. The van der Waals surface area contributed by atoms with Gasteiger partial charge in [0.1, 0.15) is 0 Å². The van der Waals surface area contributed by atoms with Gasteiger partial charge in [0, 0.05) is 24.2 Å². The van der Waals surface area contributed by atoms with E-state index in [9.17, 15) is 4.79 Å². The molecule has 2 rings (SSSR count). The van der Waals surface area contributed by atoms with Crippen molar-refractivity contribution in [1.82, 2.24) is 10.2 Å². The standard InChI is InChI=1S/C16H23ClN2O/c1-2-9-19-10-7-14(8-11-19)18-16(20)12-13-5-3-4-6-15(13)17/h3-6,14H,2,7-12H2,1H3,(H,18,20). The normalized spacial score (nSPS) is 17.1. The van der Waals surface area contributed by atoms with Crippen LogP contribution in [0.25, 0.3) is 0 Å². The first-order valence-electron chi connectivity index (χ1n) is 7.44. The molecule has 1 fully saturated rings. The van der Waals surface area contributed by atoms with Crippen LogP contribution in [0.1, 0.15) is 31.7 Å². The van der Waals surface area contributed by atoms with Crippen molar-refractivity contribution >= 4 is 17.5 Å². The minimum atomic E-state index is 0.0760. The number of amides is 1. The van der Waals surface area contributed by atoms with Crippen molar-refractivity contribution in [2.45, 2.75) is 38.6 Å². The van der Waals surface area contributed by atoms with Gasteiger partial charge in [0.15, 0.2) is 0 Å². The molecule has 0 atom stereocenters. The average Bonchev–Trinajstić information content (AvgIpc) is 2.44. The molecule has 4 heteroatoms. The fraction of sp³-hybridized carbons (Fsp3) is 0.562. The summed E-state index contributed by atoms with van der Waals surface area (Å²) in [7, 11) is 0. The lowest BCUT2D eigenvalue weighted by Crippen LogP contribution is -2.45. The number of likely N-dealkylation sites (tertiary alicyclic amines) is 1. The van der Waals surface area contributed by atoms with Gasteiger partial charge in [-0.1, -0.05) is 36.7 Å². The molecule has 3 nitrogen and oxygen atoms in total. The van der Waals surface area contributed by atoms with Crippen LogP contribution in [0.2, 0.25) is 5.02 Å². The molecule has 1 N–H and O–H groups in total. The summed E-state index contributed by atoms with van der Waals surface area (Å²) in [6.07, 6.45) is 3.67. The lowest BCUT2D eigenvalue weighted by atomic mass is 10.0. The predicted molar refractivity (Wildman–Crippen MR) is 83.1 cm³/mol. The lowest BCUT2D eigenvalue weighted by Gasteiger charge is -2.32. The average molecular weight is 295 g/mol. The number of halogens is 1. The molecule has 20 heavy (non-hydrogen) atoms. The van der Waals surface area contributed by atoms with Crippen LogP contribution in [-0.4, -0.2) is 36.5 Å². The number of hydrogen-bond acceptors (Lipinski definition) is 2. The Morgan fingerprint density at radius 1 is 1.35 bits per heavy atom. The lowest BCUT2D eigenvalue weighted by molar-refractivity contribution is -0.121. The highest BCUT2D eigenvalue weighted by molar-refractivity contribution is 6.31. The van der Waals surface area contributed by atoms with E-state index in [2.05, 4.69) is 17.1 Å². The summed E-state index contributed by atoms with van der Waals surface area (Å²) in [5.74, 6) is 0.0760. The molecule has 0 bridgehead atoms. The summed E-state index contributed by atoms with van der Waals surface area (Å²) in [4.78, 5) is 14.5. The molecule has 0 aromatic heterocycles. The largest absolute Gasteiger partial charge is 0.353 e. The number of rotatable bonds is 5. The van der Waals surface area contributed by atoms with Crippen molar-refractivity contribution in [3.63, 3.8) is 0 Å². The summed E-state index contributed by atoms with van der Waals surface area (Å²) in [6, 6.07) is 7.85. The molecule has 1 aromatic carbocycles. The first kappa shape index (κ1) is 15.3. The summed E-state index contributed by atoms with van der Waals surface area (Å²) >= 11 is 6.08. The van der Waals surface area contributed by atoms with Gasteiger partial charge in [0.2, 0.25) is 5.91 Å². The van der Waals surface area contributed by atoms with Gasteiger partial charge < -0.3 is 10.2 Å². The molecule has 0 radical (unpaired) electrons. The fourth-order valence-corrected chi connectivity index (χ4v) is 2.91. The Balaban J connectivity index is 1.77. The summed E-state index contributed by atoms with van der Waals surface area (Å²) in [5, 5.41) is 3.80. The van der Waals surface area contributed by atoms with Crippen LogP contribution in [0.5, 0.6) is 0 Å². The maximum Gasteiger partial charge on any atom is 0.224 e. The van der Waals surface area contributed by atoms with Crippen LogP contribution >= 0.6 is 11.6 Å². The van der Waals surface area contributed by atoms with E-state index in [1.54, 1.807) is 0 Å². The van der Waals surface area contributed by atoms with Crippen LogP contribution in [0.4, 0.5) is 0 Å². The van der Waals surface area contributed by atoms with Crippen molar-refractivity contribution in [2.24, 2.45) is 0 Å². The maximum absolute atomic E-state index is 12.1. The first-order chi connectivity index (χ1) is 9.69. The van der Waals surface area contributed by atoms with E-state index in [4.69, 9.17) is 11.6 Å². The van der Waals surface area contributed by atoms with Crippen molar-refractivity contribution in [3.05, 3.63) is 34.9 Å². The second-order valence-corrected chi connectivity index (χ2v) is 5.86. The van der Waals surface area contributed by atoms with Gasteiger partial charge in [-0.2, -0.15) is 0 Å². The van der Waals surface area contributed by atoms with Crippen molar-refractivity contribution in [3.8, 4) is 0 Å². The summed E-state index contributed by atoms with van der Waals surface area (Å²) < 4.78 is 0. The van der Waals surface area contributed by atoms with E-state index < -0.39 is 0 Å². The zero-order chi connectivity index (χ0) is 14.4.